The molecule has 4 aliphatic rings. The smallest absolute Gasteiger partial charge is 0.244 e. The third-order valence-electron chi connectivity index (χ3n) is 9.57. The van der Waals surface area contributed by atoms with Gasteiger partial charge in [0.2, 0.25) is 17.7 Å². The fourth-order valence-corrected chi connectivity index (χ4v) is 9.91. The first-order valence-electron chi connectivity index (χ1n) is 14.1. The minimum Gasteiger partial charge on any atom is -0.394 e. The largest absolute Gasteiger partial charge is 0.394 e. The summed E-state index contributed by atoms with van der Waals surface area (Å²) in [5.74, 6) is -1.32. The number of likely N-dealkylation sites (tertiary alicyclic amines) is 1. The molecule has 1 aliphatic carbocycles. The topological polar surface area (TPSA) is 98.7 Å². The van der Waals surface area contributed by atoms with E-state index in [2.05, 4.69) is 17.6 Å². The maximum Gasteiger partial charge on any atom is 0.244 e. The van der Waals surface area contributed by atoms with Gasteiger partial charge in [0.1, 0.15) is 6.04 Å². The number of carbonyl (C=O) groups excluding carboxylic acids is 3. The lowest BCUT2D eigenvalue weighted by atomic mass is 9.65. The molecule has 5 rings (SSSR count). The lowest BCUT2D eigenvalue weighted by molar-refractivity contribution is -0.143. The standard InChI is InChI=1S/C29H41N3O4S/c1-4-17(2)21(16-33)32-25(27(35)31-20-13-9-6-10-14-20)29-18(3)15-22(37-29)23(24(29)28(32)36)26(34)30-19-11-7-5-8-12-19/h5,7-8,11-12,17-18,20-25,33H,4,6,9-10,13-16H2,1-3H3,(H,30,34)(H,31,35)/t17-,18?,21-,22+,23-,24-,25?,29?/m0/s1. The molecule has 1 saturated carbocycles. The molecule has 8 atom stereocenters. The second-order valence-electron chi connectivity index (χ2n) is 11.6. The number of rotatable bonds is 8. The summed E-state index contributed by atoms with van der Waals surface area (Å²) in [7, 11) is 0. The fourth-order valence-electron chi connectivity index (χ4n) is 7.50. The van der Waals surface area contributed by atoms with Crippen LogP contribution in [0.2, 0.25) is 0 Å². The van der Waals surface area contributed by atoms with E-state index in [4.69, 9.17) is 0 Å². The summed E-state index contributed by atoms with van der Waals surface area (Å²) in [4.78, 5) is 43.9. The Kier molecular flexibility index (Phi) is 7.60. The summed E-state index contributed by atoms with van der Waals surface area (Å²) in [5, 5.41) is 16.8. The third kappa shape index (κ3) is 4.38. The zero-order valence-corrected chi connectivity index (χ0v) is 23.0. The number of amides is 3. The zero-order chi connectivity index (χ0) is 26.3. The lowest BCUT2D eigenvalue weighted by Crippen LogP contribution is -2.60. The average Bonchev–Trinajstić information content (AvgIpc) is 3.49. The van der Waals surface area contributed by atoms with E-state index in [-0.39, 0.29) is 47.5 Å². The van der Waals surface area contributed by atoms with Gasteiger partial charge in [-0.05, 0) is 43.2 Å². The SMILES string of the molecule is CC[C@H](C)[C@H](CO)N1C(=O)[C@@H]2[C@@H](C(=O)Nc3ccccc3)[C@H]3CC(C)C2(S3)C1C(=O)NC1CCCCC1. The Hall–Kier alpha value is -2.06. The summed E-state index contributed by atoms with van der Waals surface area (Å²) in [6.07, 6.45) is 6.92. The van der Waals surface area contributed by atoms with Crippen LogP contribution in [-0.4, -0.2) is 62.5 Å². The van der Waals surface area contributed by atoms with Crippen LogP contribution in [0, 0.1) is 23.7 Å². The Morgan fingerprint density at radius 1 is 1.16 bits per heavy atom. The summed E-state index contributed by atoms with van der Waals surface area (Å²) in [5.41, 5.74) is 0.712. The van der Waals surface area contributed by atoms with E-state index in [0.717, 1.165) is 38.5 Å². The van der Waals surface area contributed by atoms with Crippen molar-refractivity contribution in [2.24, 2.45) is 23.7 Å². The van der Waals surface area contributed by atoms with Gasteiger partial charge < -0.3 is 20.6 Å². The van der Waals surface area contributed by atoms with Gasteiger partial charge >= 0.3 is 0 Å². The van der Waals surface area contributed by atoms with Gasteiger partial charge in [-0.15, -0.1) is 11.8 Å². The van der Waals surface area contributed by atoms with Gasteiger partial charge in [0.15, 0.2) is 0 Å². The molecule has 3 N–H and O–H groups in total. The molecule has 0 aromatic heterocycles. The zero-order valence-electron chi connectivity index (χ0n) is 22.2. The van der Waals surface area contributed by atoms with Gasteiger partial charge in [-0.3, -0.25) is 14.4 Å². The number of aliphatic hydroxyl groups excluding tert-OH is 1. The second kappa shape index (κ2) is 10.6. The second-order valence-corrected chi connectivity index (χ2v) is 13.2. The molecule has 8 heteroatoms. The van der Waals surface area contributed by atoms with Crippen molar-refractivity contribution in [3.05, 3.63) is 30.3 Å². The van der Waals surface area contributed by atoms with E-state index in [1.807, 2.05) is 44.2 Å². The molecule has 1 spiro atoms. The van der Waals surface area contributed by atoms with Gasteiger partial charge in [0.25, 0.3) is 0 Å². The summed E-state index contributed by atoms with van der Waals surface area (Å²) in [6, 6.07) is 8.34. The van der Waals surface area contributed by atoms with Crippen molar-refractivity contribution in [3.63, 3.8) is 0 Å². The predicted octanol–water partition coefficient (Wildman–Crippen LogP) is 3.82. The average molecular weight is 528 g/mol. The summed E-state index contributed by atoms with van der Waals surface area (Å²) < 4.78 is -0.667. The van der Waals surface area contributed by atoms with Crippen LogP contribution in [-0.2, 0) is 14.4 Å². The first-order chi connectivity index (χ1) is 17.8. The van der Waals surface area contributed by atoms with Crippen molar-refractivity contribution in [1.82, 2.24) is 10.2 Å². The van der Waals surface area contributed by atoms with Crippen LogP contribution in [0.3, 0.4) is 0 Å². The van der Waals surface area contributed by atoms with Crippen LogP contribution in [0.25, 0.3) is 0 Å². The van der Waals surface area contributed by atoms with E-state index >= 15 is 0 Å². The van der Waals surface area contributed by atoms with Gasteiger partial charge in [-0.25, -0.2) is 0 Å². The molecular weight excluding hydrogens is 486 g/mol. The molecule has 202 valence electrons. The van der Waals surface area contributed by atoms with Crippen LogP contribution in [0.1, 0.15) is 65.7 Å². The van der Waals surface area contributed by atoms with E-state index < -0.39 is 28.7 Å². The number of benzene rings is 1. The van der Waals surface area contributed by atoms with E-state index in [9.17, 15) is 19.5 Å². The third-order valence-corrected chi connectivity index (χ3v) is 11.6. The number of anilines is 1. The maximum atomic E-state index is 14.4. The number of para-hydroxylation sites is 1. The number of nitrogens with one attached hydrogen (secondary N) is 2. The van der Waals surface area contributed by atoms with Crippen LogP contribution in [0.15, 0.2) is 30.3 Å². The number of hydrogen-bond acceptors (Lipinski definition) is 5. The summed E-state index contributed by atoms with van der Waals surface area (Å²) >= 11 is 1.69. The molecular formula is C29H41N3O4S. The van der Waals surface area contributed by atoms with Crippen molar-refractivity contribution in [2.75, 3.05) is 11.9 Å². The first kappa shape index (κ1) is 26.5. The van der Waals surface area contributed by atoms with Gasteiger partial charge in [0, 0.05) is 17.0 Å². The molecule has 4 fully saturated rings. The maximum absolute atomic E-state index is 14.4. The van der Waals surface area contributed by atoms with Gasteiger partial charge in [-0.1, -0.05) is 64.7 Å². The monoisotopic (exact) mass is 527 g/mol. The molecule has 3 unspecified atom stereocenters. The highest BCUT2D eigenvalue weighted by Gasteiger charge is 2.76. The number of hydrogen-bond donors (Lipinski definition) is 3. The number of aliphatic hydroxyl groups is 1. The highest BCUT2D eigenvalue weighted by molar-refractivity contribution is 8.02. The normalized spacial score (nSPS) is 34.8. The molecule has 7 nitrogen and oxygen atoms in total. The van der Waals surface area contributed by atoms with Crippen LogP contribution >= 0.6 is 11.8 Å². The van der Waals surface area contributed by atoms with Crippen molar-refractivity contribution >= 4 is 35.2 Å². The van der Waals surface area contributed by atoms with Crippen molar-refractivity contribution < 1.29 is 19.5 Å². The Morgan fingerprint density at radius 2 is 1.86 bits per heavy atom. The van der Waals surface area contributed by atoms with Gasteiger partial charge in [-0.2, -0.15) is 0 Å². The van der Waals surface area contributed by atoms with Crippen LogP contribution in [0.5, 0.6) is 0 Å². The van der Waals surface area contributed by atoms with Crippen molar-refractivity contribution in [1.29, 1.82) is 0 Å². The summed E-state index contributed by atoms with van der Waals surface area (Å²) in [6.45, 7) is 6.02. The number of carbonyl (C=O) groups is 3. The predicted molar refractivity (Wildman–Crippen MR) is 146 cm³/mol. The molecule has 3 amide bonds. The number of nitrogens with zero attached hydrogens (tertiary/aromatic N) is 1. The molecule has 37 heavy (non-hydrogen) atoms. The Balaban J connectivity index is 1.52. The molecule has 3 heterocycles. The van der Waals surface area contributed by atoms with E-state index in [0.29, 0.717) is 5.69 Å². The van der Waals surface area contributed by atoms with Gasteiger partial charge in [0.05, 0.1) is 29.2 Å². The number of fused-ring (bicyclic) bond motifs is 1. The molecule has 1 aromatic rings. The highest BCUT2D eigenvalue weighted by Crippen LogP contribution is 2.69. The molecule has 3 aliphatic heterocycles. The Bertz CT molecular complexity index is 1020. The Labute approximate surface area is 224 Å². The molecule has 3 saturated heterocycles. The van der Waals surface area contributed by atoms with E-state index in [1.54, 1.807) is 16.7 Å². The lowest BCUT2D eigenvalue weighted by Gasteiger charge is -2.42. The quantitative estimate of drug-likeness (QED) is 0.478. The van der Waals surface area contributed by atoms with Crippen molar-refractivity contribution in [3.8, 4) is 0 Å². The molecule has 1 aromatic carbocycles. The molecule has 0 radical (unpaired) electrons. The van der Waals surface area contributed by atoms with Crippen molar-refractivity contribution in [2.45, 2.75) is 93.8 Å². The Morgan fingerprint density at radius 3 is 2.51 bits per heavy atom. The van der Waals surface area contributed by atoms with Crippen LogP contribution in [0.4, 0.5) is 5.69 Å². The van der Waals surface area contributed by atoms with Crippen LogP contribution < -0.4 is 10.6 Å². The fraction of sp³-hybridized carbons (Fsp3) is 0.690. The minimum atomic E-state index is -0.683. The van der Waals surface area contributed by atoms with E-state index in [1.165, 1.54) is 6.42 Å². The number of thioether (sulfide) groups is 1. The minimum absolute atomic E-state index is 0.00373. The highest BCUT2D eigenvalue weighted by atomic mass is 32.2. The molecule has 2 bridgehead atoms. The first-order valence-corrected chi connectivity index (χ1v) is 15.0.